The maximum atomic E-state index is 5.96. The minimum atomic E-state index is 0.0286. The maximum Gasteiger partial charge on any atom is 0.0647 e. The molecule has 0 saturated heterocycles. The van der Waals surface area contributed by atoms with Gasteiger partial charge in [0.25, 0.3) is 0 Å². The lowest BCUT2D eigenvalue weighted by molar-refractivity contribution is 0.786. The van der Waals surface area contributed by atoms with Gasteiger partial charge in [-0.2, -0.15) is 0 Å². The second kappa shape index (κ2) is 6.75. The van der Waals surface area contributed by atoms with Crippen LogP contribution in [0.5, 0.6) is 0 Å². The van der Waals surface area contributed by atoms with Crippen LogP contribution >= 0.6 is 43.5 Å². The number of halogens is 3. The zero-order valence-electron chi connectivity index (χ0n) is 10.0. The third-order valence-electron chi connectivity index (χ3n) is 2.74. The summed E-state index contributed by atoms with van der Waals surface area (Å²) in [7, 11) is 0. The number of hydrogen-bond donors (Lipinski definition) is 2. The molecule has 0 bridgehead atoms. The summed E-state index contributed by atoms with van der Waals surface area (Å²) in [5.74, 6) is 0. The van der Waals surface area contributed by atoms with Gasteiger partial charge in [0.1, 0.15) is 0 Å². The summed E-state index contributed by atoms with van der Waals surface area (Å²) >= 11 is 12.9. The number of nitrogens with one attached hydrogen (secondary N) is 1. The predicted molar refractivity (Wildman–Crippen MR) is 88.7 cm³/mol. The summed E-state index contributed by atoms with van der Waals surface area (Å²) in [6.07, 6.45) is 0. The Hall–Kier alpha value is -0.550. The van der Waals surface area contributed by atoms with Crippen LogP contribution in [0.15, 0.2) is 51.4 Å². The maximum absolute atomic E-state index is 5.96. The van der Waals surface area contributed by atoms with E-state index < -0.39 is 0 Å². The fourth-order valence-electron chi connectivity index (χ4n) is 1.83. The van der Waals surface area contributed by atoms with Gasteiger partial charge in [0.15, 0.2) is 0 Å². The first-order chi connectivity index (χ1) is 9.10. The molecule has 1 unspecified atom stereocenters. The van der Waals surface area contributed by atoms with E-state index in [1.54, 1.807) is 0 Å². The van der Waals surface area contributed by atoms with Gasteiger partial charge in [-0.25, -0.2) is 0 Å². The molecule has 19 heavy (non-hydrogen) atoms. The Kier molecular flexibility index (Phi) is 5.28. The molecule has 5 heteroatoms. The molecule has 2 rings (SSSR count). The van der Waals surface area contributed by atoms with Crippen molar-refractivity contribution in [2.75, 3.05) is 11.9 Å². The molecule has 0 aromatic heterocycles. The Balaban J connectivity index is 2.25. The second-order valence-electron chi connectivity index (χ2n) is 4.11. The normalized spacial score (nSPS) is 12.2. The Morgan fingerprint density at radius 1 is 1.16 bits per heavy atom. The van der Waals surface area contributed by atoms with Gasteiger partial charge in [0, 0.05) is 26.2 Å². The van der Waals surface area contributed by atoms with Crippen LogP contribution in [0, 0.1) is 0 Å². The van der Waals surface area contributed by atoms with Crippen molar-refractivity contribution in [2.45, 2.75) is 6.04 Å². The van der Waals surface area contributed by atoms with E-state index >= 15 is 0 Å². The number of anilines is 1. The molecule has 0 spiro atoms. The van der Waals surface area contributed by atoms with Gasteiger partial charge in [-0.15, -0.1) is 0 Å². The van der Waals surface area contributed by atoms with Crippen LogP contribution in [-0.2, 0) is 0 Å². The van der Waals surface area contributed by atoms with Crippen LogP contribution in [0.2, 0.25) is 5.02 Å². The van der Waals surface area contributed by atoms with E-state index in [4.69, 9.17) is 17.3 Å². The number of nitrogens with two attached hydrogens (primary N) is 1. The van der Waals surface area contributed by atoms with Crippen molar-refractivity contribution >= 4 is 49.1 Å². The van der Waals surface area contributed by atoms with Gasteiger partial charge in [0.05, 0.1) is 6.04 Å². The zero-order chi connectivity index (χ0) is 13.8. The largest absolute Gasteiger partial charge is 0.377 e. The van der Waals surface area contributed by atoms with Crippen molar-refractivity contribution in [1.82, 2.24) is 0 Å². The van der Waals surface area contributed by atoms with E-state index in [1.807, 2.05) is 42.5 Å². The van der Waals surface area contributed by atoms with Crippen molar-refractivity contribution in [1.29, 1.82) is 0 Å². The minimum Gasteiger partial charge on any atom is -0.377 e. The lowest BCUT2D eigenvalue weighted by atomic mass is 10.1. The van der Waals surface area contributed by atoms with Gasteiger partial charge in [0.2, 0.25) is 0 Å². The molecule has 2 aromatic carbocycles. The van der Waals surface area contributed by atoms with Crippen LogP contribution < -0.4 is 11.1 Å². The van der Waals surface area contributed by atoms with Gasteiger partial charge < -0.3 is 11.1 Å². The minimum absolute atomic E-state index is 0.0286. The third-order valence-corrected chi connectivity index (χ3v) is 4.15. The molecular weight excluding hydrogens is 391 g/mol. The second-order valence-corrected chi connectivity index (χ2v) is 6.32. The molecule has 0 radical (unpaired) electrons. The monoisotopic (exact) mass is 402 g/mol. The standard InChI is InChI=1S/C14H13Br2ClN2/c15-9-2-1-3-11(6-9)19-14(8-18)12-5-4-10(17)7-13(12)16/h1-7,14,19H,8,18H2. The first kappa shape index (κ1) is 14.9. The summed E-state index contributed by atoms with van der Waals surface area (Å²) in [5, 5.41) is 4.12. The molecule has 2 nitrogen and oxygen atoms in total. The number of benzene rings is 2. The molecular formula is C14H13Br2ClN2. The van der Waals surface area contributed by atoms with Crippen LogP contribution in [0.4, 0.5) is 5.69 Å². The zero-order valence-corrected chi connectivity index (χ0v) is 14.0. The van der Waals surface area contributed by atoms with Crippen molar-refractivity contribution in [2.24, 2.45) is 5.73 Å². The van der Waals surface area contributed by atoms with E-state index in [1.165, 1.54) is 0 Å². The summed E-state index contributed by atoms with van der Waals surface area (Å²) in [5.41, 5.74) is 7.98. The SMILES string of the molecule is NCC(Nc1cccc(Br)c1)c1ccc(Cl)cc1Br. The molecule has 0 saturated carbocycles. The van der Waals surface area contributed by atoms with Crippen LogP contribution in [0.3, 0.4) is 0 Å². The molecule has 0 aliphatic carbocycles. The summed E-state index contributed by atoms with van der Waals surface area (Å²) in [6.45, 7) is 0.493. The van der Waals surface area contributed by atoms with Crippen LogP contribution in [-0.4, -0.2) is 6.54 Å². The molecule has 0 aliphatic rings. The summed E-state index contributed by atoms with van der Waals surface area (Å²) < 4.78 is 1.99. The first-order valence-corrected chi connectivity index (χ1v) is 7.73. The molecule has 0 amide bonds. The number of hydrogen-bond acceptors (Lipinski definition) is 2. The van der Waals surface area contributed by atoms with E-state index in [-0.39, 0.29) is 6.04 Å². The van der Waals surface area contributed by atoms with Crippen molar-refractivity contribution < 1.29 is 0 Å². The summed E-state index contributed by atoms with van der Waals surface area (Å²) in [4.78, 5) is 0. The van der Waals surface area contributed by atoms with Gasteiger partial charge in [-0.05, 0) is 35.9 Å². The summed E-state index contributed by atoms with van der Waals surface area (Å²) in [6, 6.07) is 13.8. The van der Waals surface area contributed by atoms with Crippen LogP contribution in [0.25, 0.3) is 0 Å². The predicted octanol–water partition coefficient (Wildman–Crippen LogP) is 4.98. The average Bonchev–Trinajstić information content (AvgIpc) is 2.37. The molecule has 0 fully saturated rings. The third kappa shape index (κ3) is 3.96. The molecule has 3 N–H and O–H groups in total. The van der Waals surface area contributed by atoms with E-state index in [0.29, 0.717) is 11.6 Å². The Morgan fingerprint density at radius 3 is 2.58 bits per heavy atom. The highest BCUT2D eigenvalue weighted by molar-refractivity contribution is 9.10. The molecule has 1 atom stereocenters. The topological polar surface area (TPSA) is 38.0 Å². The molecule has 100 valence electrons. The molecule has 0 aliphatic heterocycles. The Morgan fingerprint density at radius 2 is 1.95 bits per heavy atom. The van der Waals surface area contributed by atoms with Crippen molar-refractivity contribution in [3.63, 3.8) is 0 Å². The smallest absolute Gasteiger partial charge is 0.0647 e. The highest BCUT2D eigenvalue weighted by atomic mass is 79.9. The molecule has 0 heterocycles. The van der Waals surface area contributed by atoms with Crippen LogP contribution in [0.1, 0.15) is 11.6 Å². The Bertz CT molecular complexity index is 575. The first-order valence-electron chi connectivity index (χ1n) is 5.77. The van der Waals surface area contributed by atoms with E-state index in [0.717, 1.165) is 20.2 Å². The lowest BCUT2D eigenvalue weighted by Gasteiger charge is -2.20. The Labute approximate surface area is 134 Å². The van der Waals surface area contributed by atoms with E-state index in [9.17, 15) is 0 Å². The highest BCUT2D eigenvalue weighted by Crippen LogP contribution is 2.29. The lowest BCUT2D eigenvalue weighted by Crippen LogP contribution is -2.21. The van der Waals surface area contributed by atoms with Gasteiger partial charge in [-0.1, -0.05) is 55.6 Å². The van der Waals surface area contributed by atoms with E-state index in [2.05, 4.69) is 37.2 Å². The number of rotatable bonds is 4. The van der Waals surface area contributed by atoms with Crippen molar-refractivity contribution in [3.05, 3.63) is 62.0 Å². The average molecular weight is 405 g/mol. The molecule has 2 aromatic rings. The fourth-order valence-corrected chi connectivity index (χ4v) is 3.19. The van der Waals surface area contributed by atoms with Gasteiger partial charge in [-0.3, -0.25) is 0 Å². The fraction of sp³-hybridized carbons (Fsp3) is 0.143. The van der Waals surface area contributed by atoms with Crippen molar-refractivity contribution in [3.8, 4) is 0 Å². The van der Waals surface area contributed by atoms with Gasteiger partial charge >= 0.3 is 0 Å². The highest BCUT2D eigenvalue weighted by Gasteiger charge is 2.13. The quantitative estimate of drug-likeness (QED) is 0.754.